The molecule has 112 valence electrons. The van der Waals surface area contributed by atoms with Crippen molar-refractivity contribution in [2.24, 2.45) is 5.92 Å². The van der Waals surface area contributed by atoms with Crippen LogP contribution in [0.3, 0.4) is 0 Å². The number of anilines is 1. The molecule has 6 heteroatoms. The summed E-state index contributed by atoms with van der Waals surface area (Å²) < 4.78 is 0. The van der Waals surface area contributed by atoms with Gasteiger partial charge in [0.1, 0.15) is 0 Å². The van der Waals surface area contributed by atoms with Gasteiger partial charge in [0, 0.05) is 18.7 Å². The van der Waals surface area contributed by atoms with E-state index < -0.39 is 5.97 Å². The molecule has 2 amide bonds. The van der Waals surface area contributed by atoms with Crippen LogP contribution in [0.15, 0.2) is 24.3 Å². The Bertz CT molecular complexity index is 553. The Balaban J connectivity index is 1.94. The number of amides is 2. The van der Waals surface area contributed by atoms with E-state index in [1.54, 1.807) is 24.3 Å². The van der Waals surface area contributed by atoms with Gasteiger partial charge in [-0.1, -0.05) is 19.1 Å². The summed E-state index contributed by atoms with van der Waals surface area (Å²) in [4.78, 5) is 33.7. The fourth-order valence-electron chi connectivity index (χ4n) is 2.31. The first-order valence-corrected chi connectivity index (χ1v) is 6.85. The summed E-state index contributed by atoms with van der Waals surface area (Å²) in [6, 6.07) is 7.11. The lowest BCUT2D eigenvalue weighted by Gasteiger charge is -2.12. The number of carboxylic acids is 1. The highest BCUT2D eigenvalue weighted by Crippen LogP contribution is 2.21. The number of hydrogen-bond acceptors (Lipinski definition) is 3. The second-order valence-corrected chi connectivity index (χ2v) is 5.32. The van der Waals surface area contributed by atoms with E-state index in [4.69, 9.17) is 5.11 Å². The van der Waals surface area contributed by atoms with Crippen LogP contribution in [0.4, 0.5) is 5.69 Å². The number of carbonyl (C=O) groups excluding carboxylic acids is 2. The fraction of sp³-hybridized carbons (Fsp3) is 0.400. The molecule has 6 nitrogen and oxygen atoms in total. The van der Waals surface area contributed by atoms with Crippen molar-refractivity contribution in [1.82, 2.24) is 5.32 Å². The highest BCUT2D eigenvalue weighted by molar-refractivity contribution is 5.97. The number of hydrogen-bond donors (Lipinski definition) is 3. The summed E-state index contributed by atoms with van der Waals surface area (Å²) >= 11 is 0. The normalized spacial score (nSPS) is 18.9. The van der Waals surface area contributed by atoms with Crippen molar-refractivity contribution in [2.75, 3.05) is 11.9 Å². The molecule has 2 unspecified atom stereocenters. The Morgan fingerprint density at radius 2 is 2.05 bits per heavy atom. The van der Waals surface area contributed by atoms with Crippen molar-refractivity contribution in [3.05, 3.63) is 29.8 Å². The van der Waals surface area contributed by atoms with Crippen LogP contribution in [-0.4, -0.2) is 29.4 Å². The molecule has 21 heavy (non-hydrogen) atoms. The standard InChI is InChI=1S/C15H18N2O4/c1-9(6-14(19)20)10-2-4-12(5-3-10)17-15(21)11-7-13(18)16-8-11/h2-5,9,11H,6-8H2,1H3,(H,16,18)(H,17,21)(H,19,20). The Morgan fingerprint density at radius 3 is 2.57 bits per heavy atom. The van der Waals surface area contributed by atoms with Gasteiger partial charge in [-0.05, 0) is 23.6 Å². The van der Waals surface area contributed by atoms with Gasteiger partial charge < -0.3 is 15.7 Å². The Morgan fingerprint density at radius 1 is 1.38 bits per heavy atom. The average Bonchev–Trinajstić information content (AvgIpc) is 2.85. The summed E-state index contributed by atoms with van der Waals surface area (Å²) in [6.45, 7) is 2.22. The van der Waals surface area contributed by atoms with E-state index in [9.17, 15) is 14.4 Å². The van der Waals surface area contributed by atoms with Gasteiger partial charge in [-0.3, -0.25) is 14.4 Å². The SMILES string of the molecule is CC(CC(=O)O)c1ccc(NC(=O)C2CNC(=O)C2)cc1. The predicted octanol–water partition coefficient (Wildman–Crippen LogP) is 1.34. The third-order valence-electron chi connectivity index (χ3n) is 3.58. The van der Waals surface area contributed by atoms with Crippen molar-refractivity contribution in [3.8, 4) is 0 Å². The quantitative estimate of drug-likeness (QED) is 0.762. The molecular formula is C15H18N2O4. The second kappa shape index (κ2) is 6.39. The van der Waals surface area contributed by atoms with E-state index in [2.05, 4.69) is 10.6 Å². The number of aliphatic carboxylic acids is 1. The topological polar surface area (TPSA) is 95.5 Å². The smallest absolute Gasteiger partial charge is 0.303 e. The average molecular weight is 290 g/mol. The van der Waals surface area contributed by atoms with Crippen molar-refractivity contribution < 1.29 is 19.5 Å². The second-order valence-electron chi connectivity index (χ2n) is 5.32. The van der Waals surface area contributed by atoms with Gasteiger partial charge in [0.2, 0.25) is 11.8 Å². The van der Waals surface area contributed by atoms with Gasteiger partial charge in [-0.2, -0.15) is 0 Å². The van der Waals surface area contributed by atoms with E-state index in [1.807, 2.05) is 6.92 Å². The molecule has 0 radical (unpaired) electrons. The molecule has 0 aromatic heterocycles. The molecule has 1 heterocycles. The van der Waals surface area contributed by atoms with Gasteiger partial charge >= 0.3 is 5.97 Å². The number of nitrogens with one attached hydrogen (secondary N) is 2. The van der Waals surface area contributed by atoms with E-state index in [1.165, 1.54) is 0 Å². The van der Waals surface area contributed by atoms with Crippen LogP contribution in [0.5, 0.6) is 0 Å². The zero-order valence-electron chi connectivity index (χ0n) is 11.8. The number of benzene rings is 1. The zero-order chi connectivity index (χ0) is 15.4. The lowest BCUT2D eigenvalue weighted by atomic mass is 9.97. The molecule has 0 spiro atoms. The highest BCUT2D eigenvalue weighted by atomic mass is 16.4. The fourth-order valence-corrected chi connectivity index (χ4v) is 2.31. The predicted molar refractivity (Wildman–Crippen MR) is 76.9 cm³/mol. The van der Waals surface area contributed by atoms with Crippen molar-refractivity contribution in [2.45, 2.75) is 25.7 Å². The largest absolute Gasteiger partial charge is 0.481 e. The minimum absolute atomic E-state index is 0.0710. The summed E-state index contributed by atoms with van der Waals surface area (Å²) in [6.07, 6.45) is 0.293. The zero-order valence-corrected chi connectivity index (χ0v) is 11.8. The van der Waals surface area contributed by atoms with Gasteiger partial charge in [0.25, 0.3) is 0 Å². The monoisotopic (exact) mass is 290 g/mol. The minimum Gasteiger partial charge on any atom is -0.481 e. The highest BCUT2D eigenvalue weighted by Gasteiger charge is 2.27. The first-order chi connectivity index (χ1) is 9.95. The van der Waals surface area contributed by atoms with E-state index >= 15 is 0 Å². The summed E-state index contributed by atoms with van der Waals surface area (Å²) in [5, 5.41) is 14.2. The van der Waals surface area contributed by atoms with Crippen LogP contribution >= 0.6 is 0 Å². The van der Waals surface area contributed by atoms with Crippen LogP contribution in [0, 0.1) is 5.92 Å². The van der Waals surface area contributed by atoms with Gasteiger partial charge in [-0.15, -0.1) is 0 Å². The van der Waals surface area contributed by atoms with Crippen LogP contribution in [0.2, 0.25) is 0 Å². The lowest BCUT2D eigenvalue weighted by molar-refractivity contribution is -0.137. The Kier molecular flexibility index (Phi) is 4.57. The molecule has 3 N–H and O–H groups in total. The van der Waals surface area contributed by atoms with Crippen LogP contribution in [-0.2, 0) is 14.4 Å². The molecule has 1 aliphatic heterocycles. The third kappa shape index (κ3) is 4.05. The van der Waals surface area contributed by atoms with Crippen LogP contribution < -0.4 is 10.6 Å². The molecule has 1 aliphatic rings. The summed E-state index contributed by atoms with van der Waals surface area (Å²) in [5.74, 6) is -1.53. The van der Waals surface area contributed by atoms with Gasteiger partial charge in [0.15, 0.2) is 0 Å². The molecule has 1 saturated heterocycles. The van der Waals surface area contributed by atoms with Crippen molar-refractivity contribution >= 4 is 23.5 Å². The summed E-state index contributed by atoms with van der Waals surface area (Å²) in [7, 11) is 0. The molecule has 2 atom stereocenters. The van der Waals surface area contributed by atoms with Gasteiger partial charge in [-0.25, -0.2) is 0 Å². The first kappa shape index (κ1) is 15.0. The van der Waals surface area contributed by atoms with E-state index in [0.717, 1.165) is 5.56 Å². The third-order valence-corrected chi connectivity index (χ3v) is 3.58. The number of rotatable bonds is 5. The summed E-state index contributed by atoms with van der Waals surface area (Å²) in [5.41, 5.74) is 1.55. The Labute approximate surface area is 122 Å². The lowest BCUT2D eigenvalue weighted by Crippen LogP contribution is -2.24. The number of carbonyl (C=O) groups is 3. The van der Waals surface area contributed by atoms with Crippen LogP contribution in [0.1, 0.15) is 31.2 Å². The van der Waals surface area contributed by atoms with Crippen molar-refractivity contribution in [3.63, 3.8) is 0 Å². The van der Waals surface area contributed by atoms with Crippen LogP contribution in [0.25, 0.3) is 0 Å². The van der Waals surface area contributed by atoms with E-state index in [0.29, 0.717) is 12.2 Å². The first-order valence-electron chi connectivity index (χ1n) is 6.85. The molecule has 0 saturated carbocycles. The minimum atomic E-state index is -0.835. The maximum absolute atomic E-state index is 11.9. The molecule has 1 aromatic carbocycles. The van der Waals surface area contributed by atoms with Crippen molar-refractivity contribution in [1.29, 1.82) is 0 Å². The Hall–Kier alpha value is -2.37. The molecule has 0 aliphatic carbocycles. The molecule has 1 aromatic rings. The van der Waals surface area contributed by atoms with Gasteiger partial charge in [0.05, 0.1) is 12.3 Å². The molecule has 1 fully saturated rings. The maximum atomic E-state index is 11.9. The molecular weight excluding hydrogens is 272 g/mol. The molecule has 0 bridgehead atoms. The molecule has 2 rings (SSSR count). The maximum Gasteiger partial charge on any atom is 0.303 e. The number of carboxylic acid groups (broad SMARTS) is 1. The van der Waals surface area contributed by atoms with E-state index in [-0.39, 0.29) is 36.5 Å².